The summed E-state index contributed by atoms with van der Waals surface area (Å²) < 4.78 is 1.78. The third-order valence-corrected chi connectivity index (χ3v) is 5.52. The fourth-order valence-corrected chi connectivity index (χ4v) is 4.13. The summed E-state index contributed by atoms with van der Waals surface area (Å²) in [5.74, 6) is -0.0477. The van der Waals surface area contributed by atoms with Gasteiger partial charge >= 0.3 is 0 Å². The maximum Gasteiger partial charge on any atom is 0.275 e. The fraction of sp³-hybridized carbons (Fsp3) is 0.238. The lowest BCUT2D eigenvalue weighted by atomic mass is 10.0. The number of rotatable bonds is 3. The second-order valence-electron chi connectivity index (χ2n) is 6.96. The zero-order valence-electron chi connectivity index (χ0n) is 15.3. The van der Waals surface area contributed by atoms with E-state index in [4.69, 9.17) is 28.3 Å². The number of para-hydroxylation sites is 1. The Balaban J connectivity index is 2.00. The van der Waals surface area contributed by atoms with E-state index in [1.807, 2.05) is 74.2 Å². The van der Waals surface area contributed by atoms with Gasteiger partial charge in [-0.05, 0) is 45.0 Å². The number of aromatic nitrogens is 2. The van der Waals surface area contributed by atoms with E-state index in [0.29, 0.717) is 15.7 Å². The number of halogens is 2. The molecule has 1 amide bonds. The first-order chi connectivity index (χ1) is 12.9. The highest BCUT2D eigenvalue weighted by molar-refractivity contribution is 6.32. The molecule has 0 bridgehead atoms. The number of hydrogen-bond acceptors (Lipinski definition) is 2. The summed E-state index contributed by atoms with van der Waals surface area (Å²) in [5.41, 5.74) is 3.98. The Morgan fingerprint density at radius 3 is 2.33 bits per heavy atom. The van der Waals surface area contributed by atoms with Crippen molar-refractivity contribution in [2.24, 2.45) is 0 Å². The van der Waals surface area contributed by atoms with Crippen LogP contribution in [0, 0.1) is 0 Å². The SMILES string of the molecule is CC(C)N1C(=O)c2nn(-c3ccccc3Cl)c(-c3ccc(Cl)cc3)c2C1C. The van der Waals surface area contributed by atoms with Gasteiger partial charge < -0.3 is 4.90 Å². The van der Waals surface area contributed by atoms with Gasteiger partial charge in [0.2, 0.25) is 0 Å². The van der Waals surface area contributed by atoms with Crippen LogP contribution in [0.2, 0.25) is 10.0 Å². The van der Waals surface area contributed by atoms with E-state index in [1.165, 1.54) is 0 Å². The third-order valence-electron chi connectivity index (χ3n) is 4.95. The standard InChI is InChI=1S/C21H19Cl2N3O/c1-12(2)25-13(3)18-19(21(25)27)24-26(17-7-5-4-6-16(17)23)20(18)14-8-10-15(22)11-9-14/h4-13H,1-3H3. The first-order valence-corrected chi connectivity index (χ1v) is 9.62. The second kappa shape index (κ2) is 6.70. The number of nitrogens with zero attached hydrogens (tertiary/aromatic N) is 3. The van der Waals surface area contributed by atoms with Crippen LogP contribution in [0.5, 0.6) is 0 Å². The topological polar surface area (TPSA) is 38.1 Å². The Labute approximate surface area is 168 Å². The molecule has 0 fully saturated rings. The van der Waals surface area contributed by atoms with E-state index in [-0.39, 0.29) is 18.0 Å². The number of fused-ring (bicyclic) bond motifs is 1. The fourth-order valence-electron chi connectivity index (χ4n) is 3.79. The molecule has 138 valence electrons. The van der Waals surface area contributed by atoms with E-state index in [0.717, 1.165) is 22.5 Å². The molecule has 2 aromatic carbocycles. The first kappa shape index (κ1) is 18.1. The molecule has 2 heterocycles. The smallest absolute Gasteiger partial charge is 0.275 e. The molecular weight excluding hydrogens is 381 g/mol. The van der Waals surface area contributed by atoms with Crippen LogP contribution in [0.3, 0.4) is 0 Å². The predicted molar refractivity (Wildman–Crippen MR) is 109 cm³/mol. The molecular formula is C21H19Cl2N3O. The van der Waals surface area contributed by atoms with Crippen LogP contribution in [0.25, 0.3) is 16.9 Å². The number of carbonyl (C=O) groups is 1. The third kappa shape index (κ3) is 2.84. The van der Waals surface area contributed by atoms with Crippen molar-refractivity contribution < 1.29 is 4.79 Å². The maximum absolute atomic E-state index is 13.0. The minimum Gasteiger partial charge on any atom is -0.328 e. The molecule has 1 aliphatic heterocycles. The first-order valence-electron chi connectivity index (χ1n) is 8.86. The summed E-state index contributed by atoms with van der Waals surface area (Å²) in [6, 6.07) is 15.1. The van der Waals surface area contributed by atoms with Gasteiger partial charge in [0.05, 0.1) is 22.4 Å². The van der Waals surface area contributed by atoms with Crippen LogP contribution in [0.15, 0.2) is 48.5 Å². The molecule has 0 aliphatic carbocycles. The summed E-state index contributed by atoms with van der Waals surface area (Å²) in [5, 5.41) is 5.93. The van der Waals surface area contributed by atoms with Gasteiger partial charge in [-0.3, -0.25) is 4.79 Å². The molecule has 27 heavy (non-hydrogen) atoms. The van der Waals surface area contributed by atoms with Gasteiger partial charge in [-0.25, -0.2) is 4.68 Å². The number of hydrogen-bond donors (Lipinski definition) is 0. The highest BCUT2D eigenvalue weighted by atomic mass is 35.5. The molecule has 0 saturated heterocycles. The Morgan fingerprint density at radius 1 is 1.04 bits per heavy atom. The van der Waals surface area contributed by atoms with Crippen molar-refractivity contribution in [3.63, 3.8) is 0 Å². The lowest BCUT2D eigenvalue weighted by molar-refractivity contribution is 0.0671. The van der Waals surface area contributed by atoms with Crippen LogP contribution >= 0.6 is 23.2 Å². The molecule has 3 aromatic rings. The molecule has 0 spiro atoms. The second-order valence-corrected chi connectivity index (χ2v) is 7.81. The Bertz CT molecular complexity index is 1020. The molecule has 4 rings (SSSR count). The largest absolute Gasteiger partial charge is 0.328 e. The Kier molecular flexibility index (Phi) is 4.49. The lowest BCUT2D eigenvalue weighted by Crippen LogP contribution is -2.34. The van der Waals surface area contributed by atoms with Crippen LogP contribution in [0.1, 0.15) is 42.9 Å². The van der Waals surface area contributed by atoms with Gasteiger partial charge in [-0.15, -0.1) is 0 Å². The monoisotopic (exact) mass is 399 g/mol. The van der Waals surface area contributed by atoms with Crippen LogP contribution < -0.4 is 0 Å². The van der Waals surface area contributed by atoms with Gasteiger partial charge in [0.1, 0.15) is 0 Å². The lowest BCUT2D eigenvalue weighted by Gasteiger charge is -2.27. The Hall–Kier alpha value is -2.30. The van der Waals surface area contributed by atoms with E-state index < -0.39 is 0 Å². The average Bonchev–Trinajstić information content (AvgIpc) is 3.13. The van der Waals surface area contributed by atoms with Crippen LogP contribution in [-0.2, 0) is 0 Å². The van der Waals surface area contributed by atoms with Crippen molar-refractivity contribution in [1.29, 1.82) is 0 Å². The van der Waals surface area contributed by atoms with E-state index in [9.17, 15) is 4.79 Å². The van der Waals surface area contributed by atoms with Crippen molar-refractivity contribution in [3.8, 4) is 16.9 Å². The number of amides is 1. The zero-order chi connectivity index (χ0) is 19.3. The van der Waals surface area contributed by atoms with Crippen LogP contribution in [0.4, 0.5) is 0 Å². The van der Waals surface area contributed by atoms with Gasteiger partial charge in [0.25, 0.3) is 5.91 Å². The zero-order valence-corrected chi connectivity index (χ0v) is 16.8. The average molecular weight is 400 g/mol. The molecule has 1 aromatic heterocycles. The van der Waals surface area contributed by atoms with E-state index in [2.05, 4.69) is 0 Å². The quantitative estimate of drug-likeness (QED) is 0.560. The summed E-state index contributed by atoms with van der Waals surface area (Å²) in [7, 11) is 0. The van der Waals surface area contributed by atoms with E-state index >= 15 is 0 Å². The molecule has 6 heteroatoms. The minimum absolute atomic E-state index is 0.0477. The highest BCUT2D eigenvalue weighted by Crippen LogP contribution is 2.42. The molecule has 1 unspecified atom stereocenters. The van der Waals surface area contributed by atoms with Gasteiger partial charge in [-0.2, -0.15) is 5.10 Å². The number of benzene rings is 2. The normalized spacial score (nSPS) is 16.3. The van der Waals surface area contributed by atoms with Crippen molar-refractivity contribution in [3.05, 3.63) is 69.8 Å². The van der Waals surface area contributed by atoms with Gasteiger partial charge in [-0.1, -0.05) is 47.5 Å². The van der Waals surface area contributed by atoms with Gasteiger partial charge in [0, 0.05) is 22.2 Å². The van der Waals surface area contributed by atoms with E-state index in [1.54, 1.807) is 4.68 Å². The van der Waals surface area contributed by atoms with Crippen molar-refractivity contribution >= 4 is 29.1 Å². The molecule has 1 atom stereocenters. The summed E-state index contributed by atoms with van der Waals surface area (Å²) in [6.45, 7) is 6.08. The predicted octanol–water partition coefficient (Wildman–Crippen LogP) is 5.77. The summed E-state index contributed by atoms with van der Waals surface area (Å²) in [4.78, 5) is 14.9. The Morgan fingerprint density at radius 2 is 1.70 bits per heavy atom. The van der Waals surface area contributed by atoms with Crippen molar-refractivity contribution in [2.45, 2.75) is 32.9 Å². The minimum atomic E-state index is -0.0746. The molecule has 0 N–H and O–H groups in total. The molecule has 0 saturated carbocycles. The molecule has 1 aliphatic rings. The maximum atomic E-state index is 13.0. The van der Waals surface area contributed by atoms with Crippen molar-refractivity contribution in [2.75, 3.05) is 0 Å². The number of carbonyl (C=O) groups excluding carboxylic acids is 1. The summed E-state index contributed by atoms with van der Waals surface area (Å²) >= 11 is 12.5. The van der Waals surface area contributed by atoms with Gasteiger partial charge in [0.15, 0.2) is 5.69 Å². The highest BCUT2D eigenvalue weighted by Gasteiger charge is 2.41. The molecule has 0 radical (unpaired) electrons. The summed E-state index contributed by atoms with van der Waals surface area (Å²) in [6.07, 6.45) is 0. The van der Waals surface area contributed by atoms with Crippen LogP contribution in [-0.4, -0.2) is 26.6 Å². The molecule has 4 nitrogen and oxygen atoms in total. The van der Waals surface area contributed by atoms with Crippen molar-refractivity contribution in [1.82, 2.24) is 14.7 Å².